The Kier molecular flexibility index (Phi) is 8.44. The van der Waals surface area contributed by atoms with Crippen LogP contribution in [-0.4, -0.2) is 40.6 Å². The minimum atomic E-state index is -2.80. The van der Waals surface area contributed by atoms with Gasteiger partial charge in [0.25, 0.3) is 11.8 Å². The summed E-state index contributed by atoms with van der Waals surface area (Å²) in [7, 11) is 0. The van der Waals surface area contributed by atoms with E-state index in [0.29, 0.717) is 45.7 Å². The number of allylic oxidation sites excluding steroid dienone is 1. The van der Waals surface area contributed by atoms with Gasteiger partial charge in [-0.25, -0.2) is 22.5 Å². The van der Waals surface area contributed by atoms with Crippen LogP contribution >= 0.6 is 0 Å². The van der Waals surface area contributed by atoms with Gasteiger partial charge in [-0.15, -0.1) is 0 Å². The Morgan fingerprint density at radius 2 is 1.67 bits per heavy atom. The summed E-state index contributed by atoms with van der Waals surface area (Å²) in [5.41, 5.74) is 8.84. The number of nitrogens with two attached hydrogens (primary N) is 1. The number of aryl methyl sites for hydroxylation is 1. The number of likely N-dealkylation sites (tertiary alicyclic amines) is 1. The second-order valence-corrected chi connectivity index (χ2v) is 11.3. The normalized spacial score (nSPS) is 14.7. The first kappa shape index (κ1) is 30.8. The van der Waals surface area contributed by atoms with E-state index in [1.54, 1.807) is 54.7 Å². The van der Waals surface area contributed by atoms with Gasteiger partial charge < -0.3 is 15.1 Å². The number of hydrogen-bond donors (Lipinski definition) is 1. The molecule has 1 aliphatic heterocycles. The minimum absolute atomic E-state index is 0.0725. The predicted molar refractivity (Wildman–Crippen MR) is 168 cm³/mol. The number of alkyl halides is 2. The van der Waals surface area contributed by atoms with E-state index in [4.69, 9.17) is 10.2 Å². The number of anilines is 1. The van der Waals surface area contributed by atoms with Crippen molar-refractivity contribution in [3.05, 3.63) is 114 Å². The van der Waals surface area contributed by atoms with Crippen LogP contribution in [0.1, 0.15) is 40.9 Å². The summed E-state index contributed by atoms with van der Waals surface area (Å²) in [6, 6.07) is 18.6. The van der Waals surface area contributed by atoms with Crippen molar-refractivity contribution in [1.29, 1.82) is 0 Å². The molecule has 3 aromatic carbocycles. The van der Waals surface area contributed by atoms with Crippen LogP contribution in [-0.2, 0) is 11.2 Å². The van der Waals surface area contributed by atoms with Crippen LogP contribution in [0.5, 0.6) is 0 Å². The summed E-state index contributed by atoms with van der Waals surface area (Å²) in [5, 5.41) is 0.650. The van der Waals surface area contributed by atoms with Crippen LogP contribution in [0, 0.1) is 11.6 Å². The third-order valence-electron chi connectivity index (χ3n) is 8.02. The molecule has 46 heavy (non-hydrogen) atoms. The number of halogens is 4. The number of fused-ring (bicyclic) bond motifs is 1. The molecule has 5 aromatic rings. The average Bonchev–Trinajstić information content (AvgIpc) is 3.46. The van der Waals surface area contributed by atoms with E-state index in [9.17, 15) is 22.8 Å². The number of furan rings is 1. The molecule has 2 N–H and O–H groups in total. The average molecular weight is 628 g/mol. The third-order valence-corrected chi connectivity index (χ3v) is 8.02. The van der Waals surface area contributed by atoms with E-state index in [1.165, 1.54) is 35.2 Å². The van der Waals surface area contributed by atoms with Gasteiger partial charge in [0.2, 0.25) is 0 Å². The molecule has 1 fully saturated rings. The number of amides is 1. The number of benzene rings is 3. The summed E-state index contributed by atoms with van der Waals surface area (Å²) in [6.07, 6.45) is 4.33. The lowest BCUT2D eigenvalue weighted by Gasteiger charge is -2.31. The zero-order chi connectivity index (χ0) is 32.4. The fraction of sp³-hybridized carbons (Fsp3) is 0.194. The van der Waals surface area contributed by atoms with Crippen LogP contribution in [0.25, 0.3) is 39.3 Å². The van der Waals surface area contributed by atoms with E-state index in [1.807, 2.05) is 0 Å². The predicted octanol–water partition coefficient (Wildman–Crippen LogP) is 8.11. The molecule has 234 valence electrons. The Morgan fingerprint density at radius 1 is 0.913 bits per heavy atom. The maximum absolute atomic E-state index is 15.6. The highest BCUT2D eigenvalue weighted by Crippen LogP contribution is 2.37. The van der Waals surface area contributed by atoms with Gasteiger partial charge in [-0.3, -0.25) is 9.59 Å². The van der Waals surface area contributed by atoms with E-state index in [0.717, 1.165) is 11.6 Å². The van der Waals surface area contributed by atoms with Gasteiger partial charge in [0.1, 0.15) is 28.8 Å². The molecular weight excluding hydrogens is 598 g/mol. The van der Waals surface area contributed by atoms with Crippen LogP contribution < -0.4 is 5.73 Å². The topological polar surface area (TPSA) is 89.4 Å². The van der Waals surface area contributed by atoms with Gasteiger partial charge >= 0.3 is 0 Å². The Labute approximate surface area is 262 Å². The number of nitrogens with zero attached hydrogens (tertiary/aromatic N) is 2. The maximum atomic E-state index is 15.6. The zero-order valence-corrected chi connectivity index (χ0v) is 24.6. The molecule has 0 saturated carbocycles. The smallest absolute Gasteiger partial charge is 0.253 e. The lowest BCUT2D eigenvalue weighted by molar-refractivity contribution is -0.114. The van der Waals surface area contributed by atoms with Crippen molar-refractivity contribution in [2.24, 2.45) is 0 Å². The summed E-state index contributed by atoms with van der Waals surface area (Å²) < 4.78 is 62.7. The van der Waals surface area contributed by atoms with Crippen LogP contribution in [0.15, 0.2) is 89.5 Å². The second kappa shape index (κ2) is 12.6. The Balaban J connectivity index is 1.27. The van der Waals surface area contributed by atoms with Gasteiger partial charge in [0.05, 0.1) is 0 Å². The molecule has 1 aliphatic rings. The lowest BCUT2D eigenvalue weighted by Crippen LogP contribution is -2.42. The molecule has 6 nitrogen and oxygen atoms in total. The van der Waals surface area contributed by atoms with Crippen molar-refractivity contribution in [2.75, 3.05) is 18.8 Å². The summed E-state index contributed by atoms with van der Waals surface area (Å²) in [5.74, 6) is -3.57. The van der Waals surface area contributed by atoms with Crippen LogP contribution in [0.3, 0.4) is 0 Å². The number of carbonyl (C=O) groups is 2. The molecule has 0 aliphatic carbocycles. The zero-order valence-electron chi connectivity index (χ0n) is 24.6. The number of rotatable bonds is 8. The maximum Gasteiger partial charge on any atom is 0.253 e. The number of nitrogen functional groups attached to an aromatic ring is 1. The van der Waals surface area contributed by atoms with Crippen molar-refractivity contribution >= 4 is 34.6 Å². The summed E-state index contributed by atoms with van der Waals surface area (Å²) in [4.78, 5) is 30.8. The SMILES string of the molecule is Nc1ccc(/C=C/C(=O)CCc2cc3cc(-c4ccc(C(=O)N5CCC(F)(F)CC5)cc4F)cc(-c4ccc(F)cc4)c3o2)cn1. The molecule has 10 heteroatoms. The highest BCUT2D eigenvalue weighted by molar-refractivity contribution is 5.98. The Hall–Kier alpha value is -5.25. The molecule has 6 rings (SSSR count). The van der Waals surface area contributed by atoms with Gasteiger partial charge in [0.15, 0.2) is 5.78 Å². The molecule has 1 amide bonds. The molecule has 3 heterocycles. The van der Waals surface area contributed by atoms with E-state index < -0.39 is 36.3 Å². The Morgan fingerprint density at radius 3 is 2.37 bits per heavy atom. The molecule has 0 unspecified atom stereocenters. The van der Waals surface area contributed by atoms with Gasteiger partial charge in [0, 0.05) is 67.0 Å². The standard InChI is InChI=1S/C36H29F4N3O3/c37-27-6-3-23(4-7-27)31-19-25(30-11-5-24(20-32(30)38)35(45)43-15-13-36(39,40)14-16-43)17-26-18-29(46-34(26)31)10-9-28(44)8-1-22-2-12-33(41)42-21-22/h1-8,11-12,17-21H,9-10,13-16H2,(H2,41,42)/b8-1+. The fourth-order valence-electron chi connectivity index (χ4n) is 5.47. The summed E-state index contributed by atoms with van der Waals surface area (Å²) in [6.45, 7) is -0.199. The number of ketones is 1. The molecule has 0 radical (unpaired) electrons. The number of hydrogen-bond acceptors (Lipinski definition) is 5. The number of piperidine rings is 1. The lowest BCUT2D eigenvalue weighted by atomic mass is 9.95. The highest BCUT2D eigenvalue weighted by atomic mass is 19.3. The van der Waals surface area contributed by atoms with Gasteiger partial charge in [-0.05, 0) is 83.4 Å². The third kappa shape index (κ3) is 6.86. The largest absolute Gasteiger partial charge is 0.460 e. The van der Waals surface area contributed by atoms with Gasteiger partial charge in [-0.2, -0.15) is 0 Å². The van der Waals surface area contributed by atoms with Crippen molar-refractivity contribution < 1.29 is 31.6 Å². The molecule has 0 spiro atoms. The fourth-order valence-corrected chi connectivity index (χ4v) is 5.47. The molecule has 0 atom stereocenters. The van der Waals surface area contributed by atoms with Crippen molar-refractivity contribution in [2.45, 2.75) is 31.6 Å². The number of carbonyl (C=O) groups excluding carboxylic acids is 2. The first-order chi connectivity index (χ1) is 22.0. The van der Waals surface area contributed by atoms with Crippen LogP contribution in [0.4, 0.5) is 23.4 Å². The van der Waals surface area contributed by atoms with E-state index in [-0.39, 0.29) is 36.4 Å². The number of pyridine rings is 1. The Bertz CT molecular complexity index is 1940. The molecular formula is C36H29F4N3O3. The second-order valence-electron chi connectivity index (χ2n) is 11.3. The van der Waals surface area contributed by atoms with Gasteiger partial charge in [-0.1, -0.05) is 18.2 Å². The molecule has 1 saturated heterocycles. The van der Waals surface area contributed by atoms with E-state index in [2.05, 4.69) is 4.98 Å². The summed E-state index contributed by atoms with van der Waals surface area (Å²) >= 11 is 0. The first-order valence-corrected chi connectivity index (χ1v) is 14.8. The first-order valence-electron chi connectivity index (χ1n) is 14.8. The van der Waals surface area contributed by atoms with Crippen molar-refractivity contribution in [3.8, 4) is 22.3 Å². The van der Waals surface area contributed by atoms with Crippen LogP contribution in [0.2, 0.25) is 0 Å². The quantitative estimate of drug-likeness (QED) is 0.139. The monoisotopic (exact) mass is 627 g/mol. The van der Waals surface area contributed by atoms with Crippen molar-refractivity contribution in [1.82, 2.24) is 9.88 Å². The number of aromatic nitrogens is 1. The highest BCUT2D eigenvalue weighted by Gasteiger charge is 2.36. The van der Waals surface area contributed by atoms with E-state index >= 15 is 4.39 Å². The molecule has 0 bridgehead atoms. The van der Waals surface area contributed by atoms with Crippen molar-refractivity contribution in [3.63, 3.8) is 0 Å². The minimum Gasteiger partial charge on any atom is -0.460 e. The molecule has 2 aromatic heterocycles.